The smallest absolute Gasteiger partial charge is 0.354 e. The van der Waals surface area contributed by atoms with E-state index < -0.39 is 17.3 Å². The number of aromatic nitrogens is 1. The van der Waals surface area contributed by atoms with Gasteiger partial charge in [0.15, 0.2) is 0 Å². The Bertz CT molecular complexity index is 633. The second-order valence-electron chi connectivity index (χ2n) is 3.43. The van der Waals surface area contributed by atoms with Gasteiger partial charge in [-0.2, -0.15) is 0 Å². The third-order valence-corrected chi connectivity index (χ3v) is 2.33. The number of ether oxygens (including phenoxy) is 1. The van der Waals surface area contributed by atoms with E-state index in [0.29, 0.717) is 0 Å². The molecule has 0 fully saturated rings. The van der Waals surface area contributed by atoms with E-state index in [-0.39, 0.29) is 23.1 Å². The van der Waals surface area contributed by atoms with Gasteiger partial charge in [-0.15, -0.1) is 0 Å². The first-order valence-corrected chi connectivity index (χ1v) is 5.12. The molecule has 0 saturated carbocycles. The molecule has 1 aromatic carbocycles. The third kappa shape index (κ3) is 2.04. The zero-order chi connectivity index (χ0) is 12.4. The van der Waals surface area contributed by atoms with Gasteiger partial charge in [-0.3, -0.25) is 4.79 Å². The molecular weight excluding hydrogens is 225 g/mol. The summed E-state index contributed by atoms with van der Waals surface area (Å²) in [6, 6.07) is 5.45. The predicted octanol–water partition coefficient (Wildman–Crippen LogP) is 1.84. The summed E-state index contributed by atoms with van der Waals surface area (Å²) < 4.78 is 18.2. The van der Waals surface area contributed by atoms with Crippen molar-refractivity contribution in [2.45, 2.75) is 6.92 Å². The van der Waals surface area contributed by atoms with Gasteiger partial charge in [0.1, 0.15) is 11.5 Å². The summed E-state index contributed by atoms with van der Waals surface area (Å²) in [7, 11) is 0. The number of fused-ring (bicyclic) bond motifs is 1. The van der Waals surface area contributed by atoms with Crippen molar-refractivity contribution in [2.75, 3.05) is 6.61 Å². The van der Waals surface area contributed by atoms with Crippen molar-refractivity contribution in [3.63, 3.8) is 0 Å². The van der Waals surface area contributed by atoms with E-state index in [9.17, 15) is 14.0 Å². The number of carbonyl (C=O) groups is 1. The molecule has 2 aromatic rings. The molecule has 2 rings (SSSR count). The van der Waals surface area contributed by atoms with Crippen LogP contribution in [-0.2, 0) is 4.74 Å². The van der Waals surface area contributed by atoms with E-state index in [1.807, 2.05) is 0 Å². The van der Waals surface area contributed by atoms with Gasteiger partial charge in [0.05, 0.1) is 6.61 Å². The van der Waals surface area contributed by atoms with E-state index in [1.54, 1.807) is 6.92 Å². The number of aromatic amines is 1. The number of rotatable bonds is 2. The van der Waals surface area contributed by atoms with E-state index >= 15 is 0 Å². The van der Waals surface area contributed by atoms with Gasteiger partial charge in [-0.25, -0.2) is 9.18 Å². The largest absolute Gasteiger partial charge is 0.461 e. The second-order valence-corrected chi connectivity index (χ2v) is 3.43. The molecule has 0 aliphatic heterocycles. The van der Waals surface area contributed by atoms with Crippen LogP contribution >= 0.6 is 0 Å². The van der Waals surface area contributed by atoms with E-state index in [0.717, 1.165) is 0 Å². The molecule has 0 amide bonds. The SMILES string of the molecule is CCOC(=O)c1cc2c(F)cccc2c(=O)[nH]1. The molecule has 88 valence electrons. The van der Waals surface area contributed by atoms with Crippen LogP contribution in [0.25, 0.3) is 10.8 Å². The van der Waals surface area contributed by atoms with Crippen molar-refractivity contribution in [1.82, 2.24) is 4.98 Å². The number of hydrogen-bond donors (Lipinski definition) is 1. The summed E-state index contributed by atoms with van der Waals surface area (Å²) in [5.74, 6) is -1.21. The Kier molecular flexibility index (Phi) is 2.91. The Morgan fingerprint density at radius 2 is 2.18 bits per heavy atom. The van der Waals surface area contributed by atoms with Crippen molar-refractivity contribution in [3.8, 4) is 0 Å². The molecule has 4 nitrogen and oxygen atoms in total. The maximum atomic E-state index is 13.5. The fraction of sp³-hybridized carbons (Fsp3) is 0.167. The molecule has 0 saturated heterocycles. The van der Waals surface area contributed by atoms with E-state index in [2.05, 4.69) is 4.98 Å². The van der Waals surface area contributed by atoms with Crippen molar-refractivity contribution in [1.29, 1.82) is 0 Å². The Morgan fingerprint density at radius 3 is 2.88 bits per heavy atom. The first kappa shape index (κ1) is 11.3. The molecule has 0 radical (unpaired) electrons. The van der Waals surface area contributed by atoms with Crippen molar-refractivity contribution in [2.24, 2.45) is 0 Å². The molecule has 0 atom stereocenters. The highest BCUT2D eigenvalue weighted by Crippen LogP contribution is 2.15. The number of hydrogen-bond acceptors (Lipinski definition) is 3. The fourth-order valence-electron chi connectivity index (χ4n) is 1.57. The summed E-state index contributed by atoms with van der Waals surface area (Å²) >= 11 is 0. The number of H-pyrrole nitrogens is 1. The van der Waals surface area contributed by atoms with Crippen LogP contribution in [0.15, 0.2) is 29.1 Å². The zero-order valence-corrected chi connectivity index (χ0v) is 9.12. The average Bonchev–Trinajstić information content (AvgIpc) is 2.30. The highest BCUT2D eigenvalue weighted by molar-refractivity contribution is 5.93. The van der Waals surface area contributed by atoms with Gasteiger partial charge < -0.3 is 9.72 Å². The molecule has 0 spiro atoms. The molecule has 1 heterocycles. The molecule has 17 heavy (non-hydrogen) atoms. The van der Waals surface area contributed by atoms with Crippen LogP contribution in [0.3, 0.4) is 0 Å². The summed E-state index contributed by atoms with van der Waals surface area (Å²) in [5.41, 5.74) is -0.556. The van der Waals surface area contributed by atoms with Crippen molar-refractivity contribution >= 4 is 16.7 Å². The molecule has 5 heteroatoms. The number of benzene rings is 1. The maximum absolute atomic E-state index is 13.5. The second kappa shape index (κ2) is 4.37. The molecule has 0 bridgehead atoms. The Labute approximate surface area is 96.0 Å². The van der Waals surface area contributed by atoms with Crippen LogP contribution in [0.2, 0.25) is 0 Å². The van der Waals surface area contributed by atoms with Gasteiger partial charge >= 0.3 is 5.97 Å². The number of carbonyl (C=O) groups excluding carboxylic acids is 1. The van der Waals surface area contributed by atoms with E-state index in [1.165, 1.54) is 24.3 Å². The monoisotopic (exact) mass is 235 g/mol. The van der Waals surface area contributed by atoms with Crippen LogP contribution in [0.4, 0.5) is 4.39 Å². The van der Waals surface area contributed by atoms with Gasteiger partial charge in [-0.05, 0) is 25.1 Å². The Morgan fingerprint density at radius 1 is 1.41 bits per heavy atom. The molecule has 1 aromatic heterocycles. The van der Waals surface area contributed by atoms with Crippen LogP contribution in [0.5, 0.6) is 0 Å². The minimum absolute atomic E-state index is 0.0468. The fourth-order valence-corrected chi connectivity index (χ4v) is 1.57. The lowest BCUT2D eigenvalue weighted by atomic mass is 10.1. The standard InChI is InChI=1S/C12H10FNO3/c1-2-17-12(16)10-6-8-7(11(15)14-10)4-3-5-9(8)13/h3-6H,2H2,1H3,(H,14,15). The number of nitrogens with one attached hydrogen (secondary N) is 1. The molecule has 0 unspecified atom stereocenters. The summed E-state index contributed by atoms with van der Waals surface area (Å²) in [6.07, 6.45) is 0. The third-order valence-electron chi connectivity index (χ3n) is 2.33. The average molecular weight is 235 g/mol. The number of halogens is 1. The minimum Gasteiger partial charge on any atom is -0.461 e. The number of pyridine rings is 1. The topological polar surface area (TPSA) is 59.2 Å². The summed E-state index contributed by atoms with van der Waals surface area (Å²) in [4.78, 5) is 25.4. The van der Waals surface area contributed by atoms with Crippen molar-refractivity contribution < 1.29 is 13.9 Å². The lowest BCUT2D eigenvalue weighted by Gasteiger charge is -2.03. The van der Waals surface area contributed by atoms with Gasteiger partial charge in [-0.1, -0.05) is 6.07 Å². The van der Waals surface area contributed by atoms with Crippen LogP contribution in [0, 0.1) is 5.82 Å². The van der Waals surface area contributed by atoms with E-state index in [4.69, 9.17) is 4.74 Å². The lowest BCUT2D eigenvalue weighted by molar-refractivity contribution is 0.0519. The maximum Gasteiger partial charge on any atom is 0.354 e. The van der Waals surface area contributed by atoms with Crippen LogP contribution in [-0.4, -0.2) is 17.6 Å². The zero-order valence-electron chi connectivity index (χ0n) is 9.12. The quantitative estimate of drug-likeness (QED) is 0.808. The van der Waals surface area contributed by atoms with Crippen LogP contribution < -0.4 is 5.56 Å². The number of esters is 1. The van der Waals surface area contributed by atoms with Gasteiger partial charge in [0.25, 0.3) is 5.56 Å². The van der Waals surface area contributed by atoms with Crippen molar-refractivity contribution in [3.05, 3.63) is 46.1 Å². The van der Waals surface area contributed by atoms with Gasteiger partial charge in [0.2, 0.25) is 0 Å². The first-order valence-electron chi connectivity index (χ1n) is 5.12. The molecule has 1 N–H and O–H groups in total. The van der Waals surface area contributed by atoms with Crippen LogP contribution in [0.1, 0.15) is 17.4 Å². The highest BCUT2D eigenvalue weighted by atomic mass is 19.1. The Balaban J connectivity index is 2.66. The highest BCUT2D eigenvalue weighted by Gasteiger charge is 2.12. The molecular formula is C12H10FNO3. The predicted molar refractivity (Wildman–Crippen MR) is 60.5 cm³/mol. The normalized spacial score (nSPS) is 10.5. The first-order chi connectivity index (χ1) is 8.13. The van der Waals surface area contributed by atoms with Gasteiger partial charge in [0, 0.05) is 10.8 Å². The summed E-state index contributed by atoms with van der Waals surface area (Å²) in [6.45, 7) is 1.84. The molecule has 0 aliphatic carbocycles. The lowest BCUT2D eigenvalue weighted by Crippen LogP contribution is -2.15. The minimum atomic E-state index is -0.672. The summed E-state index contributed by atoms with van der Waals surface area (Å²) in [5, 5.41) is 0.317. The Hall–Kier alpha value is -2.17. The molecule has 0 aliphatic rings.